The smallest absolute Gasteiger partial charge is 0.350 e. The van der Waals surface area contributed by atoms with Crippen LogP contribution in [0.3, 0.4) is 0 Å². The van der Waals surface area contributed by atoms with Crippen molar-refractivity contribution in [2.24, 2.45) is 0 Å². The van der Waals surface area contributed by atoms with Gasteiger partial charge in [0.15, 0.2) is 0 Å². The molecule has 2 aromatic carbocycles. The lowest BCUT2D eigenvalue weighted by Gasteiger charge is -2.16. The van der Waals surface area contributed by atoms with E-state index in [0.717, 1.165) is 25.3 Å². The lowest BCUT2D eigenvalue weighted by atomic mass is 10.1. The predicted molar refractivity (Wildman–Crippen MR) is 99.3 cm³/mol. The number of nitrogens with zero attached hydrogens (tertiary/aromatic N) is 2. The van der Waals surface area contributed by atoms with Crippen LogP contribution in [0.25, 0.3) is 0 Å². The van der Waals surface area contributed by atoms with Crippen LogP contribution in [0.4, 0.5) is 35.9 Å². The number of anilines is 2. The average molecular weight is 433 g/mol. The first kappa shape index (κ1) is 22.3. The lowest BCUT2D eigenvalue weighted by Crippen LogP contribution is -2.14. The standard InChI is InChI=1S/C16H15F3N3O6P/c1-3-29(27,28-2)15-9-11(5-7-13(15)21(23)24)20-12-6-4-10(16(17,18)19)8-14(12)22(25)26/h4-9,20H,3H2,1-2H3. The van der Waals surface area contributed by atoms with Crippen LogP contribution in [0.2, 0.25) is 0 Å². The minimum Gasteiger partial charge on any atom is -0.350 e. The monoisotopic (exact) mass is 433 g/mol. The molecule has 0 fully saturated rings. The van der Waals surface area contributed by atoms with Crippen LogP contribution in [0.5, 0.6) is 0 Å². The number of hydrogen-bond donors (Lipinski definition) is 1. The summed E-state index contributed by atoms with van der Waals surface area (Å²) in [5.41, 5.74) is -2.73. The van der Waals surface area contributed by atoms with Gasteiger partial charge >= 0.3 is 6.18 Å². The first-order chi connectivity index (χ1) is 13.4. The highest BCUT2D eigenvalue weighted by Gasteiger charge is 2.34. The van der Waals surface area contributed by atoms with Crippen molar-refractivity contribution in [3.8, 4) is 0 Å². The van der Waals surface area contributed by atoms with Crippen LogP contribution in [0.1, 0.15) is 12.5 Å². The molecule has 0 saturated carbocycles. The topological polar surface area (TPSA) is 125 Å². The minimum absolute atomic E-state index is 0.0474. The molecule has 0 heterocycles. The molecule has 29 heavy (non-hydrogen) atoms. The molecule has 0 saturated heterocycles. The summed E-state index contributed by atoms with van der Waals surface area (Å²) in [5, 5.41) is 24.8. The van der Waals surface area contributed by atoms with Gasteiger partial charge < -0.3 is 9.84 Å². The van der Waals surface area contributed by atoms with Crippen LogP contribution in [0, 0.1) is 20.2 Å². The molecule has 2 rings (SSSR count). The first-order valence-electron chi connectivity index (χ1n) is 7.99. The van der Waals surface area contributed by atoms with Crippen molar-refractivity contribution >= 4 is 35.4 Å². The molecule has 0 radical (unpaired) electrons. The molecule has 9 nitrogen and oxygen atoms in total. The number of alkyl halides is 3. The van der Waals surface area contributed by atoms with Gasteiger partial charge in [0, 0.05) is 31.1 Å². The lowest BCUT2D eigenvalue weighted by molar-refractivity contribution is -0.384. The molecule has 1 N–H and O–H groups in total. The molecule has 0 aliphatic heterocycles. The third kappa shape index (κ3) is 4.72. The number of benzene rings is 2. The van der Waals surface area contributed by atoms with E-state index in [1.807, 2.05) is 0 Å². The second-order valence-electron chi connectivity index (χ2n) is 5.74. The molecule has 156 valence electrons. The van der Waals surface area contributed by atoms with Gasteiger partial charge in [-0.15, -0.1) is 0 Å². The Morgan fingerprint density at radius 3 is 2.17 bits per heavy atom. The van der Waals surface area contributed by atoms with Gasteiger partial charge in [0.1, 0.15) is 11.0 Å². The van der Waals surface area contributed by atoms with Crippen LogP contribution in [-0.2, 0) is 15.3 Å². The van der Waals surface area contributed by atoms with Crippen LogP contribution >= 0.6 is 7.37 Å². The highest BCUT2D eigenvalue weighted by molar-refractivity contribution is 7.67. The van der Waals surface area contributed by atoms with E-state index in [-0.39, 0.29) is 22.8 Å². The Kier molecular flexibility index (Phi) is 6.29. The second kappa shape index (κ2) is 8.18. The van der Waals surface area contributed by atoms with Gasteiger partial charge in [0.05, 0.1) is 15.4 Å². The molecule has 0 spiro atoms. The Morgan fingerprint density at radius 2 is 1.69 bits per heavy atom. The van der Waals surface area contributed by atoms with E-state index < -0.39 is 40.3 Å². The fraction of sp³-hybridized carbons (Fsp3) is 0.250. The number of hydrogen-bond acceptors (Lipinski definition) is 7. The van der Waals surface area contributed by atoms with E-state index in [9.17, 15) is 38.0 Å². The molecule has 2 aromatic rings. The molecule has 0 bridgehead atoms. The molecule has 0 aromatic heterocycles. The Bertz CT molecular complexity index is 1000. The number of nitro benzene ring substituents is 2. The Hall–Kier alpha value is -2.98. The van der Waals surface area contributed by atoms with Crippen molar-refractivity contribution in [3.05, 3.63) is 62.2 Å². The molecule has 13 heteroatoms. The van der Waals surface area contributed by atoms with Crippen molar-refractivity contribution in [3.63, 3.8) is 0 Å². The summed E-state index contributed by atoms with van der Waals surface area (Å²) >= 11 is 0. The summed E-state index contributed by atoms with van der Waals surface area (Å²) in [6.45, 7) is 1.51. The van der Waals surface area contributed by atoms with E-state index in [1.165, 1.54) is 13.0 Å². The van der Waals surface area contributed by atoms with Gasteiger partial charge in [-0.05, 0) is 24.3 Å². The fourth-order valence-corrected chi connectivity index (χ4v) is 4.18. The summed E-state index contributed by atoms with van der Waals surface area (Å²) < 4.78 is 56.3. The van der Waals surface area contributed by atoms with Gasteiger partial charge in [-0.25, -0.2) is 0 Å². The normalized spacial score (nSPS) is 13.6. The zero-order valence-corrected chi connectivity index (χ0v) is 16.0. The highest BCUT2D eigenvalue weighted by atomic mass is 31.2. The van der Waals surface area contributed by atoms with Crippen molar-refractivity contribution in [1.82, 2.24) is 0 Å². The van der Waals surface area contributed by atoms with Gasteiger partial charge in [0.25, 0.3) is 11.4 Å². The van der Waals surface area contributed by atoms with Gasteiger partial charge in [0.2, 0.25) is 7.37 Å². The molecule has 0 amide bonds. The summed E-state index contributed by atoms with van der Waals surface area (Å²) in [4.78, 5) is 20.7. The molecule has 1 unspecified atom stereocenters. The quantitative estimate of drug-likeness (QED) is 0.376. The maximum absolute atomic E-state index is 12.8. The maximum Gasteiger partial charge on any atom is 0.416 e. The van der Waals surface area contributed by atoms with Gasteiger partial charge in [-0.3, -0.25) is 24.8 Å². The summed E-state index contributed by atoms with van der Waals surface area (Å²) in [6.07, 6.45) is -4.82. The van der Waals surface area contributed by atoms with Gasteiger partial charge in [-0.1, -0.05) is 6.92 Å². The van der Waals surface area contributed by atoms with E-state index in [2.05, 4.69) is 5.32 Å². The number of halogens is 3. The van der Waals surface area contributed by atoms with E-state index in [4.69, 9.17) is 4.52 Å². The average Bonchev–Trinajstić information content (AvgIpc) is 2.66. The van der Waals surface area contributed by atoms with Crippen molar-refractivity contribution in [1.29, 1.82) is 0 Å². The second-order valence-corrected chi connectivity index (χ2v) is 8.57. The maximum atomic E-state index is 12.8. The Balaban J connectivity index is 2.57. The van der Waals surface area contributed by atoms with E-state index >= 15 is 0 Å². The molecule has 0 aliphatic carbocycles. The van der Waals surface area contributed by atoms with Crippen LogP contribution in [-0.4, -0.2) is 23.1 Å². The number of nitrogens with one attached hydrogen (secondary N) is 1. The highest BCUT2D eigenvalue weighted by Crippen LogP contribution is 2.47. The van der Waals surface area contributed by atoms with E-state index in [1.54, 1.807) is 0 Å². The Labute approximate surface area is 162 Å². The van der Waals surface area contributed by atoms with Crippen molar-refractivity contribution in [2.45, 2.75) is 13.1 Å². The summed E-state index contributed by atoms with van der Waals surface area (Å²) in [7, 11) is -2.45. The van der Waals surface area contributed by atoms with E-state index in [0.29, 0.717) is 12.1 Å². The largest absolute Gasteiger partial charge is 0.416 e. The van der Waals surface area contributed by atoms with Crippen LogP contribution < -0.4 is 10.6 Å². The minimum atomic E-state index is -4.77. The number of nitro groups is 2. The zero-order chi connectivity index (χ0) is 22.0. The molecule has 1 atom stereocenters. The van der Waals surface area contributed by atoms with Crippen molar-refractivity contribution < 1.29 is 32.1 Å². The molecule has 0 aliphatic rings. The molecular formula is C16H15F3N3O6P. The predicted octanol–water partition coefficient (Wildman–Crippen LogP) is 4.84. The van der Waals surface area contributed by atoms with Gasteiger partial charge in [-0.2, -0.15) is 13.2 Å². The summed E-state index contributed by atoms with van der Waals surface area (Å²) in [5.74, 6) is 0. The first-order valence-corrected chi connectivity index (χ1v) is 9.80. The molecular weight excluding hydrogens is 418 g/mol. The van der Waals surface area contributed by atoms with Crippen LogP contribution in [0.15, 0.2) is 36.4 Å². The summed E-state index contributed by atoms with van der Waals surface area (Å²) in [6, 6.07) is 5.27. The third-order valence-electron chi connectivity index (χ3n) is 4.05. The third-order valence-corrected chi connectivity index (χ3v) is 6.57. The SMILES string of the molecule is CCP(=O)(OC)c1cc(Nc2ccc(C(F)(F)F)cc2[N+](=O)[O-])ccc1[N+](=O)[O-]. The van der Waals surface area contributed by atoms with Crippen molar-refractivity contribution in [2.75, 3.05) is 18.6 Å². The zero-order valence-electron chi connectivity index (χ0n) is 15.1. The fourth-order valence-electron chi connectivity index (χ4n) is 2.55. The number of rotatable bonds is 7. The Morgan fingerprint density at radius 1 is 1.07 bits per heavy atom.